The summed E-state index contributed by atoms with van der Waals surface area (Å²) in [5, 5.41) is 24.2. The average molecular weight is 548 g/mol. The number of nitrogens with zero attached hydrogens (tertiary/aromatic N) is 1. The third-order valence-electron chi connectivity index (χ3n) is 6.22. The minimum atomic E-state index is -4.48. The van der Waals surface area contributed by atoms with Gasteiger partial charge in [-0.25, -0.2) is 8.42 Å². The van der Waals surface area contributed by atoms with Gasteiger partial charge in [0.15, 0.2) is 17.0 Å². The molecule has 0 bridgehead atoms. The maximum atomic E-state index is 13.9. The van der Waals surface area contributed by atoms with Gasteiger partial charge in [-0.3, -0.25) is 14.3 Å². The Morgan fingerprint density at radius 2 is 1.86 bits per heavy atom. The van der Waals surface area contributed by atoms with Crippen LogP contribution < -0.4 is 10.0 Å². The molecule has 0 saturated carbocycles. The van der Waals surface area contributed by atoms with Gasteiger partial charge < -0.3 is 15.5 Å². The SMILES string of the molecule is CC(C)CC[C@@]1(C(=O)O)C(=O)C(C2=NS(=O)(=O)c3cc(NS(C)(=O)=O)ccc3N2)=C(O)c2ccccc21. The number of nitrogens with one attached hydrogen (secondary N) is 2. The standard InChI is InChI=1S/C24H25N3O8S2/c1-13(2)10-11-24(23(30)31)16-7-5-4-6-15(16)20(28)19(21(24)29)22-25-17-9-8-14(26-36(3,32)33)12-18(17)37(34,35)27-22/h4-9,12-13,26,28H,10-11H2,1-3H3,(H,25,27)(H,30,31)/t24-/m0/s1. The molecule has 4 N–H and O–H groups in total. The normalized spacial score (nSPS) is 20.5. The number of aliphatic carboxylic acids is 1. The van der Waals surface area contributed by atoms with Crippen LogP contribution >= 0.6 is 0 Å². The highest BCUT2D eigenvalue weighted by Crippen LogP contribution is 2.45. The number of Topliss-reactive ketones (excluding diaryl/α,β-unsaturated/α-hetero) is 1. The number of ketones is 1. The molecule has 4 rings (SSSR count). The first-order valence-electron chi connectivity index (χ1n) is 11.2. The summed E-state index contributed by atoms with van der Waals surface area (Å²) in [4.78, 5) is 26.3. The van der Waals surface area contributed by atoms with Crippen LogP contribution in [0.1, 0.15) is 37.8 Å². The van der Waals surface area contributed by atoms with Crippen LogP contribution in [0.15, 0.2) is 57.3 Å². The van der Waals surface area contributed by atoms with E-state index in [0.717, 1.165) is 12.3 Å². The van der Waals surface area contributed by atoms with Crippen molar-refractivity contribution < 1.29 is 36.6 Å². The van der Waals surface area contributed by atoms with Crippen molar-refractivity contribution in [1.82, 2.24) is 0 Å². The molecule has 196 valence electrons. The lowest BCUT2D eigenvalue weighted by Gasteiger charge is -2.36. The lowest BCUT2D eigenvalue weighted by molar-refractivity contribution is -0.148. The number of carbonyl (C=O) groups is 2. The predicted molar refractivity (Wildman–Crippen MR) is 138 cm³/mol. The van der Waals surface area contributed by atoms with Crippen molar-refractivity contribution in [1.29, 1.82) is 0 Å². The molecular weight excluding hydrogens is 522 g/mol. The van der Waals surface area contributed by atoms with Gasteiger partial charge in [0.25, 0.3) is 10.0 Å². The van der Waals surface area contributed by atoms with Crippen LogP contribution in [0, 0.1) is 5.92 Å². The number of rotatable bonds is 7. The van der Waals surface area contributed by atoms with Crippen molar-refractivity contribution >= 4 is 54.8 Å². The minimum Gasteiger partial charge on any atom is -0.506 e. The number of carboxylic acids is 1. The topological polar surface area (TPSA) is 179 Å². The van der Waals surface area contributed by atoms with Gasteiger partial charge >= 0.3 is 5.97 Å². The highest BCUT2D eigenvalue weighted by molar-refractivity contribution is 7.92. The van der Waals surface area contributed by atoms with Crippen molar-refractivity contribution in [2.45, 2.75) is 37.0 Å². The zero-order chi connectivity index (χ0) is 27.3. The van der Waals surface area contributed by atoms with E-state index in [1.807, 2.05) is 13.8 Å². The maximum Gasteiger partial charge on any atom is 0.322 e. The first-order chi connectivity index (χ1) is 17.2. The maximum absolute atomic E-state index is 13.9. The van der Waals surface area contributed by atoms with Gasteiger partial charge in [0, 0.05) is 11.3 Å². The number of aliphatic hydroxyl groups is 1. The van der Waals surface area contributed by atoms with Gasteiger partial charge in [0.05, 0.1) is 11.9 Å². The van der Waals surface area contributed by atoms with Crippen molar-refractivity contribution in [3.8, 4) is 0 Å². The van der Waals surface area contributed by atoms with E-state index in [1.165, 1.54) is 24.3 Å². The van der Waals surface area contributed by atoms with Crippen LogP contribution in [0.3, 0.4) is 0 Å². The summed E-state index contributed by atoms with van der Waals surface area (Å²) < 4.78 is 55.1. The molecule has 2 aromatic carbocycles. The fraction of sp³-hybridized carbons (Fsp3) is 0.292. The molecule has 37 heavy (non-hydrogen) atoms. The smallest absolute Gasteiger partial charge is 0.322 e. The Kier molecular flexibility index (Phi) is 6.41. The molecule has 0 amide bonds. The van der Waals surface area contributed by atoms with E-state index < -0.39 is 54.4 Å². The van der Waals surface area contributed by atoms with Gasteiger partial charge in [-0.05, 0) is 42.5 Å². The van der Waals surface area contributed by atoms with E-state index in [0.29, 0.717) is 6.42 Å². The van der Waals surface area contributed by atoms with Crippen LogP contribution in [0.25, 0.3) is 5.76 Å². The number of aliphatic hydroxyl groups excluding tert-OH is 1. The number of fused-ring (bicyclic) bond motifs is 2. The largest absolute Gasteiger partial charge is 0.506 e. The van der Waals surface area contributed by atoms with Gasteiger partial charge in [-0.2, -0.15) is 8.42 Å². The van der Waals surface area contributed by atoms with Gasteiger partial charge in [-0.1, -0.05) is 38.1 Å². The van der Waals surface area contributed by atoms with E-state index in [1.54, 1.807) is 12.1 Å². The summed E-state index contributed by atoms with van der Waals surface area (Å²) in [7, 11) is -8.17. The summed E-state index contributed by atoms with van der Waals surface area (Å²) >= 11 is 0. The summed E-state index contributed by atoms with van der Waals surface area (Å²) in [5.74, 6) is -3.47. The molecule has 0 aromatic heterocycles. The monoisotopic (exact) mass is 547 g/mol. The second kappa shape index (κ2) is 8.99. The summed E-state index contributed by atoms with van der Waals surface area (Å²) in [6.45, 7) is 3.76. The Morgan fingerprint density at radius 1 is 1.19 bits per heavy atom. The molecule has 0 spiro atoms. The van der Waals surface area contributed by atoms with E-state index in [-0.39, 0.29) is 39.7 Å². The Balaban J connectivity index is 1.90. The molecule has 1 aliphatic carbocycles. The second-order valence-corrected chi connectivity index (χ2v) is 12.7. The molecule has 0 fully saturated rings. The third kappa shape index (κ3) is 4.60. The first-order valence-corrected chi connectivity index (χ1v) is 14.6. The highest BCUT2D eigenvalue weighted by atomic mass is 32.2. The molecule has 0 unspecified atom stereocenters. The number of anilines is 2. The Labute approximate surface area is 214 Å². The number of hydrogen-bond acceptors (Lipinski definition) is 8. The first kappa shape index (κ1) is 26.4. The molecule has 1 aliphatic heterocycles. The Hall–Kier alpha value is -3.71. The van der Waals surface area contributed by atoms with Crippen LogP contribution in [-0.4, -0.2) is 50.9 Å². The number of sulfonamides is 2. The summed E-state index contributed by atoms with van der Waals surface area (Å²) in [6.07, 6.45) is 1.20. The van der Waals surface area contributed by atoms with Gasteiger partial charge in [-0.15, -0.1) is 4.40 Å². The zero-order valence-corrected chi connectivity index (χ0v) is 21.8. The number of hydrogen-bond donors (Lipinski definition) is 4. The van der Waals surface area contributed by atoms with Crippen LogP contribution in [0.5, 0.6) is 0 Å². The van der Waals surface area contributed by atoms with Crippen LogP contribution in [0.4, 0.5) is 11.4 Å². The zero-order valence-electron chi connectivity index (χ0n) is 20.1. The molecule has 0 radical (unpaired) electrons. The lowest BCUT2D eigenvalue weighted by Crippen LogP contribution is -2.49. The molecule has 11 nitrogen and oxygen atoms in total. The molecule has 1 heterocycles. The van der Waals surface area contributed by atoms with Crippen molar-refractivity contribution in [2.75, 3.05) is 16.3 Å². The van der Waals surface area contributed by atoms with E-state index in [9.17, 15) is 36.6 Å². The fourth-order valence-corrected chi connectivity index (χ4v) is 6.18. The molecule has 2 aliphatic rings. The van der Waals surface area contributed by atoms with Crippen molar-refractivity contribution in [3.05, 3.63) is 59.2 Å². The third-order valence-corrected chi connectivity index (χ3v) is 8.14. The molecular formula is C24H25N3O8S2. The molecule has 0 saturated heterocycles. The van der Waals surface area contributed by atoms with Gasteiger partial charge in [0.1, 0.15) is 16.2 Å². The van der Waals surface area contributed by atoms with Crippen LogP contribution in [-0.2, 0) is 35.1 Å². The summed E-state index contributed by atoms with van der Waals surface area (Å²) in [5.41, 5.74) is -2.47. The quantitative estimate of drug-likeness (QED) is 0.379. The Morgan fingerprint density at radius 3 is 2.49 bits per heavy atom. The highest BCUT2D eigenvalue weighted by Gasteiger charge is 2.54. The molecule has 1 atom stereocenters. The van der Waals surface area contributed by atoms with E-state index in [2.05, 4.69) is 14.4 Å². The number of amidine groups is 1. The molecule has 13 heteroatoms. The van der Waals surface area contributed by atoms with Gasteiger partial charge in [0.2, 0.25) is 10.0 Å². The average Bonchev–Trinajstić information content (AvgIpc) is 2.78. The lowest BCUT2D eigenvalue weighted by atomic mass is 9.65. The van der Waals surface area contributed by atoms with E-state index in [4.69, 9.17) is 0 Å². The van der Waals surface area contributed by atoms with E-state index >= 15 is 0 Å². The van der Waals surface area contributed by atoms with Crippen molar-refractivity contribution in [2.24, 2.45) is 10.3 Å². The Bertz CT molecular complexity index is 1610. The predicted octanol–water partition coefficient (Wildman–Crippen LogP) is 2.88. The van der Waals surface area contributed by atoms with Crippen LogP contribution in [0.2, 0.25) is 0 Å². The number of benzene rings is 2. The fourth-order valence-electron chi connectivity index (χ4n) is 4.48. The number of carbonyl (C=O) groups excluding carboxylic acids is 1. The minimum absolute atomic E-state index is 0.0198. The number of carboxylic acid groups (broad SMARTS) is 1. The summed E-state index contributed by atoms with van der Waals surface area (Å²) in [6, 6.07) is 9.70. The second-order valence-electron chi connectivity index (χ2n) is 9.37. The van der Waals surface area contributed by atoms with Crippen molar-refractivity contribution in [3.63, 3.8) is 0 Å². The molecule has 2 aromatic rings.